The van der Waals surface area contributed by atoms with Gasteiger partial charge in [0.05, 0.1) is 24.7 Å². The van der Waals surface area contributed by atoms with Gasteiger partial charge >= 0.3 is 5.97 Å². The van der Waals surface area contributed by atoms with Crippen LogP contribution in [0, 0.1) is 11.8 Å². The monoisotopic (exact) mass is 394 g/mol. The summed E-state index contributed by atoms with van der Waals surface area (Å²) >= 11 is 12.1. The molecule has 2 unspecified atom stereocenters. The lowest BCUT2D eigenvalue weighted by Crippen LogP contribution is -2.43. The van der Waals surface area contributed by atoms with Crippen molar-refractivity contribution in [1.82, 2.24) is 5.32 Å². The maximum Gasteiger partial charge on any atom is 0.312 e. The summed E-state index contributed by atoms with van der Waals surface area (Å²) in [6.45, 7) is 0. The van der Waals surface area contributed by atoms with Gasteiger partial charge in [0.2, 0.25) is 5.60 Å². The maximum absolute atomic E-state index is 12.7. The van der Waals surface area contributed by atoms with Gasteiger partial charge in [-0.05, 0) is 24.6 Å². The van der Waals surface area contributed by atoms with Crippen molar-refractivity contribution in [3.05, 3.63) is 46.0 Å². The van der Waals surface area contributed by atoms with Gasteiger partial charge in [-0.3, -0.25) is 9.59 Å². The smallest absolute Gasteiger partial charge is 0.312 e. The normalized spacial score (nSPS) is 31.0. The van der Waals surface area contributed by atoms with Crippen molar-refractivity contribution in [2.75, 3.05) is 7.11 Å². The zero-order chi connectivity index (χ0) is 18.5. The molecule has 3 aliphatic rings. The Labute approximate surface area is 160 Å². The molecule has 1 N–H and O–H groups in total. The van der Waals surface area contributed by atoms with Crippen LogP contribution in [-0.4, -0.2) is 36.3 Å². The topological polar surface area (TPSA) is 77.0 Å². The van der Waals surface area contributed by atoms with Crippen LogP contribution in [0.1, 0.15) is 18.4 Å². The quantitative estimate of drug-likeness (QED) is 0.628. The predicted octanol–water partition coefficient (Wildman–Crippen LogP) is 2.72. The minimum absolute atomic E-state index is 0.126. The third-order valence-corrected chi connectivity index (χ3v) is 5.43. The number of hydrogen-bond acceptors (Lipinski definition) is 5. The fraction of sp³-hybridized carbons (Fsp3) is 0.389. The van der Waals surface area contributed by atoms with Gasteiger partial charge in [-0.25, -0.2) is 0 Å². The number of hydrogen-bond donors (Lipinski definition) is 1. The summed E-state index contributed by atoms with van der Waals surface area (Å²) < 4.78 is 4.73. The first kappa shape index (κ1) is 17.4. The molecule has 1 aromatic rings. The van der Waals surface area contributed by atoms with Gasteiger partial charge in [-0.1, -0.05) is 40.5 Å². The maximum atomic E-state index is 12.7. The van der Waals surface area contributed by atoms with Crippen LogP contribution in [0.3, 0.4) is 0 Å². The lowest BCUT2D eigenvalue weighted by Gasteiger charge is -2.16. The molecule has 1 heterocycles. The highest BCUT2D eigenvalue weighted by atomic mass is 35.5. The van der Waals surface area contributed by atoms with Gasteiger partial charge in [0, 0.05) is 28.1 Å². The van der Waals surface area contributed by atoms with Gasteiger partial charge in [0.1, 0.15) is 0 Å². The van der Waals surface area contributed by atoms with E-state index in [0.717, 1.165) is 5.56 Å². The molecule has 0 aromatic heterocycles. The van der Waals surface area contributed by atoms with E-state index in [0.29, 0.717) is 28.6 Å². The number of fused-ring (bicyclic) bond motifs is 1. The number of ether oxygens (including phenoxy) is 1. The molecule has 6 nitrogen and oxygen atoms in total. The van der Waals surface area contributed by atoms with E-state index in [9.17, 15) is 9.59 Å². The first-order valence-electron chi connectivity index (χ1n) is 8.22. The molecule has 2 aliphatic carbocycles. The molecule has 1 saturated carbocycles. The lowest BCUT2D eigenvalue weighted by molar-refractivity contribution is -0.144. The molecule has 0 spiro atoms. The van der Waals surface area contributed by atoms with E-state index in [1.165, 1.54) is 7.11 Å². The molecule has 0 saturated heterocycles. The third kappa shape index (κ3) is 2.87. The van der Waals surface area contributed by atoms with Gasteiger partial charge in [0.25, 0.3) is 5.91 Å². The Balaban J connectivity index is 1.41. The molecule has 26 heavy (non-hydrogen) atoms. The Kier molecular flexibility index (Phi) is 4.20. The molecule has 4 atom stereocenters. The summed E-state index contributed by atoms with van der Waals surface area (Å²) in [5.74, 6) is -0.989. The standard InChI is InChI=1S/C18H16Cl2N2O4/c1-25-16(23)9-2-3-13(6-9)21-17(24)18-8-14(18)15(22-26-18)10-4-11(19)7-12(20)5-10/h2-5,7,9,13-14H,6,8H2,1H3,(H,21,24)/t9-,13+,14?,18?/m1/s1. The molecule has 1 aliphatic heterocycles. The number of methoxy groups -OCH3 is 1. The molecule has 1 aromatic carbocycles. The first-order valence-corrected chi connectivity index (χ1v) is 8.98. The van der Waals surface area contributed by atoms with E-state index < -0.39 is 5.60 Å². The predicted molar refractivity (Wildman–Crippen MR) is 96.1 cm³/mol. The molecule has 1 amide bonds. The fourth-order valence-corrected chi connectivity index (χ4v) is 4.05. The van der Waals surface area contributed by atoms with Crippen LogP contribution < -0.4 is 5.32 Å². The minimum atomic E-state index is -0.971. The number of amides is 1. The first-order chi connectivity index (χ1) is 12.4. The molecule has 0 bridgehead atoms. The van der Waals surface area contributed by atoms with Gasteiger partial charge < -0.3 is 14.9 Å². The molecule has 4 rings (SSSR count). The second-order valence-electron chi connectivity index (χ2n) is 6.70. The summed E-state index contributed by atoms with van der Waals surface area (Å²) in [5, 5.41) is 8.02. The van der Waals surface area contributed by atoms with E-state index in [-0.39, 0.29) is 29.8 Å². The van der Waals surface area contributed by atoms with Crippen molar-refractivity contribution < 1.29 is 19.2 Å². The Hall–Kier alpha value is -2.05. The Bertz CT molecular complexity index is 833. The second kappa shape index (κ2) is 6.28. The SMILES string of the molecule is COC(=O)[C@@H]1C=C[C@H](NC(=O)C23CC2C(c2cc(Cl)cc(Cl)c2)=NO3)C1. The number of nitrogens with one attached hydrogen (secondary N) is 1. The number of carbonyl (C=O) groups is 2. The van der Waals surface area contributed by atoms with Crippen LogP contribution in [0.5, 0.6) is 0 Å². The van der Waals surface area contributed by atoms with E-state index in [1.54, 1.807) is 30.4 Å². The summed E-state index contributed by atoms with van der Waals surface area (Å²) in [6.07, 6.45) is 4.60. The van der Waals surface area contributed by atoms with E-state index in [4.69, 9.17) is 32.8 Å². The number of benzene rings is 1. The molecule has 0 radical (unpaired) electrons. The Morgan fingerprint density at radius 3 is 2.65 bits per heavy atom. The number of nitrogens with zero attached hydrogens (tertiary/aromatic N) is 1. The average Bonchev–Trinajstić information content (AvgIpc) is 2.98. The summed E-state index contributed by atoms with van der Waals surface area (Å²) in [7, 11) is 1.35. The zero-order valence-corrected chi connectivity index (χ0v) is 15.4. The highest BCUT2D eigenvalue weighted by Gasteiger charge is 2.69. The van der Waals surface area contributed by atoms with Gasteiger partial charge in [0.15, 0.2) is 0 Å². The van der Waals surface area contributed by atoms with Crippen molar-refractivity contribution in [2.45, 2.75) is 24.5 Å². The molecular weight excluding hydrogens is 379 g/mol. The van der Waals surface area contributed by atoms with E-state index in [2.05, 4.69) is 10.5 Å². The van der Waals surface area contributed by atoms with Crippen LogP contribution in [-0.2, 0) is 19.2 Å². The average molecular weight is 395 g/mol. The summed E-state index contributed by atoms with van der Waals surface area (Å²) in [6, 6.07) is 4.92. The van der Waals surface area contributed by atoms with Crippen molar-refractivity contribution in [2.24, 2.45) is 17.0 Å². The van der Waals surface area contributed by atoms with Gasteiger partial charge in [-0.2, -0.15) is 0 Å². The molecule has 8 heteroatoms. The zero-order valence-electron chi connectivity index (χ0n) is 13.9. The van der Waals surface area contributed by atoms with Crippen LogP contribution in [0.25, 0.3) is 0 Å². The molecule has 1 fully saturated rings. The second-order valence-corrected chi connectivity index (χ2v) is 7.58. The van der Waals surface area contributed by atoms with Crippen LogP contribution >= 0.6 is 23.2 Å². The Morgan fingerprint density at radius 1 is 1.27 bits per heavy atom. The minimum Gasteiger partial charge on any atom is -0.469 e. The Morgan fingerprint density at radius 2 is 2.00 bits per heavy atom. The third-order valence-electron chi connectivity index (χ3n) is 4.99. The fourth-order valence-electron chi connectivity index (χ4n) is 3.53. The van der Waals surface area contributed by atoms with Crippen molar-refractivity contribution in [3.63, 3.8) is 0 Å². The number of oxime groups is 1. The van der Waals surface area contributed by atoms with Crippen LogP contribution in [0.4, 0.5) is 0 Å². The molecule has 136 valence electrons. The summed E-state index contributed by atoms with van der Waals surface area (Å²) in [4.78, 5) is 29.8. The highest BCUT2D eigenvalue weighted by Crippen LogP contribution is 2.54. The van der Waals surface area contributed by atoms with Crippen LogP contribution in [0.15, 0.2) is 35.5 Å². The largest absolute Gasteiger partial charge is 0.469 e. The highest BCUT2D eigenvalue weighted by molar-refractivity contribution is 6.35. The van der Waals surface area contributed by atoms with Crippen molar-refractivity contribution >= 4 is 40.8 Å². The van der Waals surface area contributed by atoms with Crippen LogP contribution in [0.2, 0.25) is 10.0 Å². The van der Waals surface area contributed by atoms with Crippen molar-refractivity contribution in [1.29, 1.82) is 0 Å². The summed E-state index contributed by atoms with van der Waals surface area (Å²) in [5.41, 5.74) is 0.464. The van der Waals surface area contributed by atoms with Crippen molar-refractivity contribution in [3.8, 4) is 0 Å². The van der Waals surface area contributed by atoms with E-state index >= 15 is 0 Å². The molecular formula is C18H16Cl2N2O4. The number of halogens is 2. The number of esters is 1. The van der Waals surface area contributed by atoms with Gasteiger partial charge in [-0.15, -0.1) is 0 Å². The number of carbonyl (C=O) groups excluding carboxylic acids is 2. The van der Waals surface area contributed by atoms with E-state index in [1.807, 2.05) is 0 Å². The lowest BCUT2D eigenvalue weighted by atomic mass is 10.0. The number of rotatable bonds is 4.